The fourth-order valence-corrected chi connectivity index (χ4v) is 4.15. The Kier molecular flexibility index (Phi) is 8.33. The lowest BCUT2D eigenvalue weighted by Gasteiger charge is -2.12. The van der Waals surface area contributed by atoms with Crippen LogP contribution in [0, 0.1) is 6.92 Å². The summed E-state index contributed by atoms with van der Waals surface area (Å²) in [6.07, 6.45) is 3.88. The molecule has 1 N–H and O–H groups in total. The Bertz CT molecular complexity index is 1200. The number of fused-ring (bicyclic) bond motifs is 1. The molecule has 0 aliphatic rings. The number of benzene rings is 3. The number of para-hydroxylation sites is 3. The van der Waals surface area contributed by atoms with E-state index in [9.17, 15) is 4.79 Å². The van der Waals surface area contributed by atoms with Crippen molar-refractivity contribution in [2.75, 3.05) is 13.2 Å². The zero-order chi connectivity index (χ0) is 23.6. The van der Waals surface area contributed by atoms with Gasteiger partial charge < -0.3 is 14.6 Å². The van der Waals surface area contributed by atoms with Crippen LogP contribution in [0.2, 0.25) is 0 Å². The van der Waals surface area contributed by atoms with E-state index in [-0.39, 0.29) is 5.91 Å². The molecule has 4 rings (SSSR count). The van der Waals surface area contributed by atoms with E-state index in [1.165, 1.54) is 5.56 Å². The van der Waals surface area contributed by atoms with Gasteiger partial charge in [0.25, 0.3) is 0 Å². The van der Waals surface area contributed by atoms with Crippen molar-refractivity contribution in [3.05, 3.63) is 95.8 Å². The van der Waals surface area contributed by atoms with Gasteiger partial charge in [-0.25, -0.2) is 4.98 Å². The van der Waals surface area contributed by atoms with Crippen molar-refractivity contribution in [2.24, 2.45) is 0 Å². The van der Waals surface area contributed by atoms with Crippen LogP contribution in [0.25, 0.3) is 11.0 Å². The lowest BCUT2D eigenvalue weighted by Crippen LogP contribution is -2.25. The molecule has 0 aliphatic carbocycles. The highest BCUT2D eigenvalue weighted by molar-refractivity contribution is 5.76. The number of rotatable bonds is 12. The molecule has 0 radical (unpaired) electrons. The maximum atomic E-state index is 12.2. The first-order valence-corrected chi connectivity index (χ1v) is 12.1. The standard InChI is InChI=1S/C29H33N3O2/c1-23-11-5-8-16-27(23)34-22-10-21-32-26-15-7-6-14-25(26)31-28(32)17-9-20-30-29(33)19-18-24-12-3-2-4-13-24/h2-8,11-16H,9-10,17-22H2,1H3,(H,30,33). The Morgan fingerprint density at radius 1 is 0.912 bits per heavy atom. The van der Waals surface area contributed by atoms with Crippen LogP contribution >= 0.6 is 0 Å². The van der Waals surface area contributed by atoms with Crippen LogP contribution in [0.5, 0.6) is 5.75 Å². The third-order valence-corrected chi connectivity index (χ3v) is 5.99. The van der Waals surface area contributed by atoms with Gasteiger partial charge in [-0.1, -0.05) is 60.7 Å². The number of ether oxygens (including phenoxy) is 1. The van der Waals surface area contributed by atoms with Crippen LogP contribution in [0.1, 0.15) is 36.2 Å². The molecule has 176 valence electrons. The Hall–Kier alpha value is -3.60. The first kappa shape index (κ1) is 23.6. The second kappa shape index (κ2) is 12.0. The van der Waals surface area contributed by atoms with Crippen molar-refractivity contribution in [1.29, 1.82) is 0 Å². The third kappa shape index (κ3) is 6.47. The van der Waals surface area contributed by atoms with Crippen LogP contribution in [0.15, 0.2) is 78.9 Å². The average molecular weight is 456 g/mol. The second-order valence-corrected chi connectivity index (χ2v) is 8.58. The number of carbonyl (C=O) groups is 1. The zero-order valence-corrected chi connectivity index (χ0v) is 19.9. The number of carbonyl (C=O) groups excluding carboxylic acids is 1. The van der Waals surface area contributed by atoms with E-state index >= 15 is 0 Å². The average Bonchev–Trinajstić information content (AvgIpc) is 3.22. The molecular formula is C29H33N3O2. The number of aromatic nitrogens is 2. The molecule has 0 saturated heterocycles. The van der Waals surface area contributed by atoms with Gasteiger partial charge in [-0.05, 0) is 55.5 Å². The fraction of sp³-hybridized carbons (Fsp3) is 0.310. The Morgan fingerprint density at radius 3 is 2.53 bits per heavy atom. The van der Waals surface area contributed by atoms with E-state index in [1.807, 2.05) is 42.5 Å². The van der Waals surface area contributed by atoms with E-state index in [0.717, 1.165) is 60.4 Å². The van der Waals surface area contributed by atoms with Gasteiger partial charge in [0.2, 0.25) is 5.91 Å². The molecule has 1 amide bonds. The van der Waals surface area contributed by atoms with Crippen LogP contribution in [0.3, 0.4) is 0 Å². The molecule has 0 aliphatic heterocycles. The van der Waals surface area contributed by atoms with E-state index in [1.54, 1.807) is 0 Å². The van der Waals surface area contributed by atoms with Gasteiger partial charge in [0.15, 0.2) is 0 Å². The fourth-order valence-electron chi connectivity index (χ4n) is 4.15. The van der Waals surface area contributed by atoms with E-state index in [2.05, 4.69) is 53.2 Å². The quantitative estimate of drug-likeness (QED) is 0.287. The highest BCUT2D eigenvalue weighted by atomic mass is 16.5. The smallest absolute Gasteiger partial charge is 0.220 e. The molecule has 0 spiro atoms. The maximum Gasteiger partial charge on any atom is 0.220 e. The van der Waals surface area contributed by atoms with Crippen molar-refractivity contribution in [3.63, 3.8) is 0 Å². The van der Waals surface area contributed by atoms with Crippen molar-refractivity contribution in [1.82, 2.24) is 14.9 Å². The molecule has 1 aromatic heterocycles. The van der Waals surface area contributed by atoms with Gasteiger partial charge >= 0.3 is 0 Å². The molecule has 0 atom stereocenters. The third-order valence-electron chi connectivity index (χ3n) is 5.99. The Labute approximate surface area is 201 Å². The van der Waals surface area contributed by atoms with Crippen LogP contribution in [-0.4, -0.2) is 28.6 Å². The van der Waals surface area contributed by atoms with Crippen LogP contribution in [-0.2, 0) is 24.2 Å². The number of amides is 1. The summed E-state index contributed by atoms with van der Waals surface area (Å²) in [6, 6.07) is 26.5. The Balaban J connectivity index is 1.26. The normalized spacial score (nSPS) is 11.0. The summed E-state index contributed by atoms with van der Waals surface area (Å²) < 4.78 is 8.28. The predicted octanol–water partition coefficient (Wildman–Crippen LogP) is 5.50. The summed E-state index contributed by atoms with van der Waals surface area (Å²) in [5, 5.41) is 3.06. The van der Waals surface area contributed by atoms with E-state index in [4.69, 9.17) is 9.72 Å². The topological polar surface area (TPSA) is 56.1 Å². The molecule has 0 saturated carbocycles. The number of hydrogen-bond acceptors (Lipinski definition) is 3. The summed E-state index contributed by atoms with van der Waals surface area (Å²) in [7, 11) is 0. The lowest BCUT2D eigenvalue weighted by atomic mass is 10.1. The van der Waals surface area contributed by atoms with Gasteiger partial charge in [-0.2, -0.15) is 0 Å². The van der Waals surface area contributed by atoms with Crippen LogP contribution < -0.4 is 10.1 Å². The zero-order valence-electron chi connectivity index (χ0n) is 19.9. The predicted molar refractivity (Wildman–Crippen MR) is 137 cm³/mol. The molecule has 0 unspecified atom stereocenters. The first-order valence-electron chi connectivity index (χ1n) is 12.1. The van der Waals surface area contributed by atoms with Gasteiger partial charge in [0.05, 0.1) is 17.6 Å². The minimum absolute atomic E-state index is 0.103. The largest absolute Gasteiger partial charge is 0.493 e. The lowest BCUT2D eigenvalue weighted by molar-refractivity contribution is -0.121. The van der Waals surface area contributed by atoms with Crippen molar-refractivity contribution < 1.29 is 9.53 Å². The number of hydrogen-bond donors (Lipinski definition) is 1. The van der Waals surface area contributed by atoms with Crippen molar-refractivity contribution >= 4 is 16.9 Å². The van der Waals surface area contributed by atoms with E-state index < -0.39 is 0 Å². The monoisotopic (exact) mass is 455 g/mol. The molecule has 5 nitrogen and oxygen atoms in total. The van der Waals surface area contributed by atoms with Gasteiger partial charge in [0, 0.05) is 25.9 Å². The summed E-state index contributed by atoms with van der Waals surface area (Å²) in [5.74, 6) is 2.11. The summed E-state index contributed by atoms with van der Waals surface area (Å²) in [6.45, 7) is 4.24. The van der Waals surface area contributed by atoms with E-state index in [0.29, 0.717) is 19.6 Å². The Morgan fingerprint density at radius 2 is 1.68 bits per heavy atom. The first-order chi connectivity index (χ1) is 16.7. The molecule has 4 aromatic rings. The van der Waals surface area contributed by atoms with Gasteiger partial charge in [0.1, 0.15) is 11.6 Å². The van der Waals surface area contributed by atoms with Crippen molar-refractivity contribution in [3.8, 4) is 5.75 Å². The minimum Gasteiger partial charge on any atom is -0.493 e. The molecule has 0 bridgehead atoms. The molecule has 5 heteroatoms. The summed E-state index contributed by atoms with van der Waals surface area (Å²) in [5.41, 5.74) is 4.52. The molecular weight excluding hydrogens is 422 g/mol. The summed E-state index contributed by atoms with van der Waals surface area (Å²) >= 11 is 0. The maximum absolute atomic E-state index is 12.2. The van der Waals surface area contributed by atoms with Gasteiger partial charge in [-0.15, -0.1) is 0 Å². The van der Waals surface area contributed by atoms with Crippen LogP contribution in [0.4, 0.5) is 0 Å². The number of aryl methyl sites for hydroxylation is 4. The molecule has 0 fully saturated rings. The highest BCUT2D eigenvalue weighted by Gasteiger charge is 2.11. The number of nitrogens with zero attached hydrogens (tertiary/aromatic N) is 2. The molecule has 3 aromatic carbocycles. The second-order valence-electron chi connectivity index (χ2n) is 8.58. The number of imidazole rings is 1. The highest BCUT2D eigenvalue weighted by Crippen LogP contribution is 2.19. The molecule has 1 heterocycles. The minimum atomic E-state index is 0.103. The summed E-state index contributed by atoms with van der Waals surface area (Å²) in [4.78, 5) is 17.1. The SMILES string of the molecule is Cc1ccccc1OCCCn1c(CCCNC(=O)CCc2ccccc2)nc2ccccc21. The van der Waals surface area contributed by atoms with Gasteiger partial charge in [-0.3, -0.25) is 4.79 Å². The van der Waals surface area contributed by atoms with Crippen molar-refractivity contribution in [2.45, 2.75) is 45.6 Å². The molecule has 34 heavy (non-hydrogen) atoms. The number of nitrogens with one attached hydrogen (secondary N) is 1.